The molecule has 5 aromatic rings. The Morgan fingerprint density at radius 2 is 1.58 bits per heavy atom. The van der Waals surface area contributed by atoms with E-state index in [9.17, 15) is 24.0 Å². The summed E-state index contributed by atoms with van der Waals surface area (Å²) in [7, 11) is 0. The molecular formula is C27H23N11O5. The maximum absolute atomic E-state index is 12.9. The molecule has 0 radical (unpaired) electrons. The zero-order chi connectivity index (χ0) is 30.5. The lowest BCUT2D eigenvalue weighted by Crippen LogP contribution is -2.38. The van der Waals surface area contributed by atoms with Crippen LogP contribution in [0.25, 0.3) is 11.4 Å². The van der Waals surface area contributed by atoms with Crippen LogP contribution >= 0.6 is 0 Å². The zero-order valence-electron chi connectivity index (χ0n) is 22.2. The highest BCUT2D eigenvalue weighted by molar-refractivity contribution is 5.99. The molecule has 2 heterocycles. The summed E-state index contributed by atoms with van der Waals surface area (Å²) in [5.74, 6) is -1.77. The van der Waals surface area contributed by atoms with Gasteiger partial charge in [0.05, 0.1) is 0 Å². The molecule has 16 nitrogen and oxygen atoms in total. The third-order valence-corrected chi connectivity index (χ3v) is 6.40. The van der Waals surface area contributed by atoms with Gasteiger partial charge in [-0.25, -0.2) is 9.97 Å². The average Bonchev–Trinajstić information content (AvgIpc) is 3.58. The SMILES string of the molecule is NC(=O)[C@H](NC(=O)c1cc(C(=O)NCc2cccc(CNc3c(N)c(=O)c3=O)c2)ncn1)c1ccc(-c2nn[nH]n2)cc1. The lowest BCUT2D eigenvalue weighted by atomic mass is 10.0. The Morgan fingerprint density at radius 3 is 2.23 bits per heavy atom. The van der Waals surface area contributed by atoms with Gasteiger partial charge >= 0.3 is 0 Å². The normalized spacial score (nSPS) is 11.5. The molecule has 0 spiro atoms. The third kappa shape index (κ3) is 6.22. The average molecular weight is 582 g/mol. The summed E-state index contributed by atoms with van der Waals surface area (Å²) < 4.78 is 0. The van der Waals surface area contributed by atoms with Crippen LogP contribution in [0, 0.1) is 0 Å². The molecule has 216 valence electrons. The van der Waals surface area contributed by atoms with Gasteiger partial charge in [-0.3, -0.25) is 24.0 Å². The van der Waals surface area contributed by atoms with Crippen LogP contribution in [0.2, 0.25) is 0 Å². The summed E-state index contributed by atoms with van der Waals surface area (Å²) >= 11 is 0. The molecule has 0 aliphatic heterocycles. The minimum Gasteiger partial charge on any atom is -0.394 e. The summed E-state index contributed by atoms with van der Waals surface area (Å²) in [4.78, 5) is 68.6. The van der Waals surface area contributed by atoms with Crippen molar-refractivity contribution in [3.05, 3.63) is 109 Å². The maximum atomic E-state index is 12.9. The molecule has 3 amide bonds. The Balaban J connectivity index is 1.20. The van der Waals surface area contributed by atoms with Gasteiger partial charge in [0, 0.05) is 24.7 Å². The summed E-state index contributed by atoms with van der Waals surface area (Å²) in [6.45, 7) is 0.376. The molecule has 16 heteroatoms. The largest absolute Gasteiger partial charge is 0.394 e. The first-order valence-electron chi connectivity index (χ1n) is 12.7. The number of tetrazole rings is 1. The van der Waals surface area contributed by atoms with Gasteiger partial charge in [0.1, 0.15) is 35.1 Å². The van der Waals surface area contributed by atoms with Crippen molar-refractivity contribution in [1.82, 2.24) is 41.2 Å². The molecule has 8 N–H and O–H groups in total. The van der Waals surface area contributed by atoms with Gasteiger partial charge in [0.2, 0.25) is 11.7 Å². The molecule has 43 heavy (non-hydrogen) atoms. The van der Waals surface area contributed by atoms with E-state index < -0.39 is 34.6 Å². The Bertz CT molecular complexity index is 1880. The number of nitrogens with two attached hydrogens (primary N) is 2. The first kappa shape index (κ1) is 28.2. The fraction of sp³-hybridized carbons (Fsp3) is 0.111. The van der Waals surface area contributed by atoms with Crippen LogP contribution in [0.15, 0.2) is 70.5 Å². The minimum atomic E-state index is -1.18. The molecule has 3 aromatic carbocycles. The number of H-pyrrole nitrogens is 1. The second-order valence-corrected chi connectivity index (χ2v) is 9.26. The second-order valence-electron chi connectivity index (χ2n) is 9.26. The number of carbonyl (C=O) groups is 3. The summed E-state index contributed by atoms with van der Waals surface area (Å²) in [6, 6.07) is 13.6. The Kier molecular flexibility index (Phi) is 7.91. The molecule has 0 saturated carbocycles. The van der Waals surface area contributed by atoms with Crippen molar-refractivity contribution in [2.75, 3.05) is 11.1 Å². The highest BCUT2D eigenvalue weighted by Gasteiger charge is 2.23. The molecule has 0 unspecified atom stereocenters. The van der Waals surface area contributed by atoms with E-state index >= 15 is 0 Å². The number of hydrogen-bond acceptors (Lipinski definition) is 12. The number of carbonyl (C=O) groups excluding carboxylic acids is 3. The predicted octanol–water partition coefficient (Wildman–Crippen LogP) is -0.667. The molecule has 5 rings (SSSR count). The monoisotopic (exact) mass is 581 g/mol. The van der Waals surface area contributed by atoms with Gasteiger partial charge < -0.3 is 27.4 Å². The van der Waals surface area contributed by atoms with Gasteiger partial charge in [-0.1, -0.05) is 48.5 Å². The molecule has 0 aliphatic rings. The van der Waals surface area contributed by atoms with Crippen molar-refractivity contribution in [3.63, 3.8) is 0 Å². The number of benzene rings is 2. The van der Waals surface area contributed by atoms with E-state index in [4.69, 9.17) is 11.5 Å². The summed E-state index contributed by atoms with van der Waals surface area (Å²) in [5, 5.41) is 21.7. The predicted molar refractivity (Wildman–Crippen MR) is 152 cm³/mol. The number of primary amides is 1. The first-order valence-corrected chi connectivity index (χ1v) is 12.7. The number of nitrogens with zero attached hydrogens (tertiary/aromatic N) is 5. The van der Waals surface area contributed by atoms with E-state index in [0.717, 1.165) is 17.5 Å². The van der Waals surface area contributed by atoms with Gasteiger partial charge in [0.15, 0.2) is 0 Å². The Hall–Kier alpha value is -6.32. The van der Waals surface area contributed by atoms with Crippen LogP contribution < -0.4 is 38.3 Å². The van der Waals surface area contributed by atoms with Crippen molar-refractivity contribution >= 4 is 29.1 Å². The molecule has 0 fully saturated rings. The Labute approximate surface area is 241 Å². The van der Waals surface area contributed by atoms with Gasteiger partial charge in [-0.05, 0) is 21.9 Å². The number of aromatic nitrogens is 6. The van der Waals surface area contributed by atoms with Gasteiger partial charge in [0.25, 0.3) is 22.7 Å². The van der Waals surface area contributed by atoms with Crippen molar-refractivity contribution in [1.29, 1.82) is 0 Å². The summed E-state index contributed by atoms with van der Waals surface area (Å²) in [6.07, 6.45) is 1.06. The molecule has 0 saturated heterocycles. The Morgan fingerprint density at radius 1 is 0.884 bits per heavy atom. The van der Waals surface area contributed by atoms with Crippen molar-refractivity contribution in [2.45, 2.75) is 19.1 Å². The molecule has 0 aliphatic carbocycles. The van der Waals surface area contributed by atoms with Crippen LogP contribution in [0.3, 0.4) is 0 Å². The zero-order valence-corrected chi connectivity index (χ0v) is 22.2. The van der Waals surface area contributed by atoms with Crippen LogP contribution in [-0.2, 0) is 17.9 Å². The van der Waals surface area contributed by atoms with Crippen LogP contribution in [0.1, 0.15) is 43.7 Å². The standard InChI is InChI=1S/C27H23N11O5/c28-19-21(23(40)22(19)39)30-10-13-2-1-3-14(8-13)11-31-26(42)17-9-18(33-12-32-17)27(43)34-20(24(29)41)15-4-6-16(7-5-15)25-35-37-38-36-25/h1-9,12,20,30H,10-11,28H2,(H2,29,41)(H,31,42)(H,34,43)(H,35,36,37,38)/t20-/m1/s1. The highest BCUT2D eigenvalue weighted by atomic mass is 16.2. The number of amides is 3. The molecular weight excluding hydrogens is 558 g/mol. The van der Waals surface area contributed by atoms with Gasteiger partial charge in [-0.15, -0.1) is 10.2 Å². The summed E-state index contributed by atoms with van der Waals surface area (Å²) in [5.41, 5.74) is 12.1. The fourth-order valence-corrected chi connectivity index (χ4v) is 4.14. The fourth-order valence-electron chi connectivity index (χ4n) is 4.14. The second kappa shape index (κ2) is 12.0. The van der Waals surface area contributed by atoms with E-state index in [0.29, 0.717) is 17.0 Å². The van der Waals surface area contributed by atoms with E-state index in [2.05, 4.69) is 46.5 Å². The van der Waals surface area contributed by atoms with Gasteiger partial charge in [-0.2, -0.15) is 5.21 Å². The van der Waals surface area contributed by atoms with E-state index in [1.165, 1.54) is 6.07 Å². The highest BCUT2D eigenvalue weighted by Crippen LogP contribution is 2.19. The third-order valence-electron chi connectivity index (χ3n) is 6.40. The number of aromatic amines is 1. The topological polar surface area (TPSA) is 254 Å². The first-order chi connectivity index (χ1) is 20.7. The van der Waals surface area contributed by atoms with E-state index in [-0.39, 0.29) is 35.9 Å². The lowest BCUT2D eigenvalue weighted by molar-refractivity contribution is -0.120. The number of anilines is 2. The quantitative estimate of drug-likeness (QED) is 0.106. The molecule has 0 bridgehead atoms. The van der Waals surface area contributed by atoms with Crippen molar-refractivity contribution in [3.8, 4) is 11.4 Å². The number of rotatable bonds is 11. The smallest absolute Gasteiger partial charge is 0.270 e. The van der Waals surface area contributed by atoms with Crippen LogP contribution in [-0.4, -0.2) is 48.3 Å². The lowest BCUT2D eigenvalue weighted by Gasteiger charge is -2.16. The van der Waals surface area contributed by atoms with Crippen molar-refractivity contribution in [2.24, 2.45) is 5.73 Å². The van der Waals surface area contributed by atoms with Crippen LogP contribution in [0.5, 0.6) is 0 Å². The van der Waals surface area contributed by atoms with E-state index in [1.54, 1.807) is 48.5 Å². The molecule has 1 atom stereocenters. The number of nitrogens with one attached hydrogen (secondary N) is 4. The molecule has 2 aromatic heterocycles. The van der Waals surface area contributed by atoms with Crippen molar-refractivity contribution < 1.29 is 14.4 Å². The van der Waals surface area contributed by atoms with E-state index in [1.807, 2.05) is 0 Å². The van der Waals surface area contributed by atoms with Crippen LogP contribution in [0.4, 0.5) is 11.4 Å². The number of hydrogen-bond donors (Lipinski definition) is 6. The minimum absolute atomic E-state index is 0.0753. The maximum Gasteiger partial charge on any atom is 0.270 e. The number of nitrogen functional groups attached to an aromatic ring is 1.